The molecule has 194 valence electrons. The first kappa shape index (κ1) is 35.3. The molecule has 0 bridgehead atoms. The third-order valence-electron chi connectivity index (χ3n) is 3.67. The van der Waals surface area contributed by atoms with Crippen molar-refractivity contribution in [2.24, 2.45) is 0 Å². The van der Waals surface area contributed by atoms with Crippen molar-refractivity contribution in [2.75, 3.05) is 59.5 Å². The smallest absolute Gasteiger partial charge is 0.303 e. The van der Waals surface area contributed by atoms with Crippen LogP contribution >= 0.6 is 0 Å². The van der Waals surface area contributed by atoms with Crippen LogP contribution in [-0.4, -0.2) is 96.9 Å². The number of carboxylic acid groups (broad SMARTS) is 2. The van der Waals surface area contributed by atoms with Crippen molar-refractivity contribution in [3.05, 3.63) is 0 Å². The quantitative estimate of drug-likeness (QED) is 0.157. The van der Waals surface area contributed by atoms with E-state index in [4.69, 9.17) is 39.7 Å². The Morgan fingerprint density at radius 2 is 0.812 bits per heavy atom. The van der Waals surface area contributed by atoms with E-state index in [1.165, 1.54) is 0 Å². The van der Waals surface area contributed by atoms with E-state index in [1.54, 1.807) is 0 Å². The number of hydrogen-bond donors (Lipinski definition) is 5. The van der Waals surface area contributed by atoms with E-state index in [0.717, 1.165) is 91.0 Å². The second kappa shape index (κ2) is 34.3. The minimum atomic E-state index is -1.08. The highest BCUT2D eigenvalue weighted by atomic mass is 16.5. The van der Waals surface area contributed by atoms with Gasteiger partial charge in [0.25, 0.3) is 0 Å². The van der Waals surface area contributed by atoms with Gasteiger partial charge in [0.05, 0.1) is 12.8 Å². The Morgan fingerprint density at radius 1 is 0.531 bits per heavy atom. The number of aliphatic carboxylic acids is 2. The Morgan fingerprint density at radius 3 is 1.06 bits per heavy atom. The van der Waals surface area contributed by atoms with Crippen LogP contribution in [0.4, 0.5) is 0 Å². The van der Waals surface area contributed by atoms with Crippen molar-refractivity contribution < 1.29 is 49.3 Å². The van der Waals surface area contributed by atoms with Crippen LogP contribution in [0.25, 0.3) is 0 Å². The lowest BCUT2D eigenvalue weighted by Crippen LogP contribution is -2.00. The van der Waals surface area contributed by atoms with Crippen LogP contribution in [0.5, 0.6) is 0 Å². The first-order valence-corrected chi connectivity index (χ1v) is 11.5. The molecule has 32 heavy (non-hydrogen) atoms. The molecule has 0 fully saturated rings. The molecule has 0 atom stereocenters. The minimum absolute atomic E-state index is 0.250. The van der Waals surface area contributed by atoms with Gasteiger partial charge in [-0.15, -0.1) is 0 Å². The highest BCUT2D eigenvalue weighted by molar-refractivity contribution is 5.75. The summed E-state index contributed by atoms with van der Waals surface area (Å²) < 4.78 is 15.8. The molecule has 10 nitrogen and oxygen atoms in total. The molecule has 0 rings (SSSR count). The van der Waals surface area contributed by atoms with Crippen LogP contribution < -0.4 is 0 Å². The lowest BCUT2D eigenvalue weighted by Gasteiger charge is -2.03. The Bertz CT molecular complexity index is 335. The second-order valence-electron chi connectivity index (χ2n) is 6.71. The van der Waals surface area contributed by atoms with Crippen molar-refractivity contribution in [3.8, 4) is 0 Å². The van der Waals surface area contributed by atoms with E-state index in [-0.39, 0.29) is 32.7 Å². The molecule has 0 heterocycles. The molecule has 0 spiro atoms. The lowest BCUT2D eigenvalue weighted by atomic mass is 10.3. The van der Waals surface area contributed by atoms with Crippen LogP contribution in [0.15, 0.2) is 0 Å². The standard InChI is InChI=1S/C10H22O3.C8H18O3.C4H6O4/c1-2-12-8-5-6-10-13-9-4-3-7-11;9-5-1-3-7-11-8-4-2-6-10;5-3(6)1-2-4(7)8/h11H,2-10H2,1H3;9-10H,1-8H2;1-2H2,(H,5,6)(H,7,8). The molecule has 0 unspecified atom stereocenters. The van der Waals surface area contributed by atoms with Gasteiger partial charge in [0.2, 0.25) is 0 Å². The molecule has 0 saturated carbocycles. The second-order valence-corrected chi connectivity index (χ2v) is 6.71. The normalized spacial score (nSPS) is 10.0. The molecule has 0 aliphatic carbocycles. The molecule has 0 saturated heterocycles. The fourth-order valence-electron chi connectivity index (χ4n) is 1.92. The molecule has 0 aromatic heterocycles. The number of carboxylic acids is 2. The molecule has 0 aromatic rings. The molecule has 0 radical (unpaired) electrons. The van der Waals surface area contributed by atoms with Crippen molar-refractivity contribution in [1.29, 1.82) is 0 Å². The summed E-state index contributed by atoms with van der Waals surface area (Å²) in [7, 11) is 0. The summed E-state index contributed by atoms with van der Waals surface area (Å²) in [5.74, 6) is -2.15. The molecule has 5 N–H and O–H groups in total. The zero-order valence-corrected chi connectivity index (χ0v) is 19.7. The zero-order valence-electron chi connectivity index (χ0n) is 19.7. The van der Waals surface area contributed by atoms with Gasteiger partial charge < -0.3 is 39.7 Å². The first-order chi connectivity index (χ1) is 15.5. The number of ether oxygens (including phenoxy) is 3. The number of aliphatic hydroxyl groups excluding tert-OH is 3. The molecule has 0 aliphatic heterocycles. The Hall–Kier alpha value is -1.30. The largest absolute Gasteiger partial charge is 0.481 e. The Kier molecular flexibility index (Phi) is 37.8. The summed E-state index contributed by atoms with van der Waals surface area (Å²) in [5, 5.41) is 41.1. The van der Waals surface area contributed by atoms with Crippen LogP contribution in [-0.2, 0) is 23.8 Å². The summed E-state index contributed by atoms with van der Waals surface area (Å²) in [6.07, 6.45) is 6.85. The third-order valence-corrected chi connectivity index (χ3v) is 3.67. The molecule has 10 heteroatoms. The van der Waals surface area contributed by atoms with Gasteiger partial charge in [0.15, 0.2) is 0 Å². The number of unbranched alkanes of at least 4 members (excludes halogenated alkanes) is 4. The molecule has 0 amide bonds. The van der Waals surface area contributed by atoms with Crippen LogP contribution in [0.1, 0.15) is 71.1 Å². The SMILES string of the molecule is CCOCCCCOCCCCO.O=C(O)CCC(=O)O.OCCCCOCCCCO. The van der Waals surface area contributed by atoms with Crippen molar-refractivity contribution in [2.45, 2.75) is 71.1 Å². The topological polar surface area (TPSA) is 163 Å². The Balaban J connectivity index is -0.000000406. The van der Waals surface area contributed by atoms with Gasteiger partial charge in [0, 0.05) is 59.5 Å². The molecular formula is C22H46O10. The molecule has 0 aliphatic rings. The van der Waals surface area contributed by atoms with Gasteiger partial charge in [0.1, 0.15) is 0 Å². The number of rotatable bonds is 21. The summed E-state index contributed by atoms with van der Waals surface area (Å²) >= 11 is 0. The van der Waals surface area contributed by atoms with Crippen LogP contribution in [0.2, 0.25) is 0 Å². The molecular weight excluding hydrogens is 424 g/mol. The zero-order chi connectivity index (χ0) is 24.7. The van der Waals surface area contributed by atoms with Gasteiger partial charge in [-0.2, -0.15) is 0 Å². The van der Waals surface area contributed by atoms with E-state index in [1.807, 2.05) is 6.92 Å². The van der Waals surface area contributed by atoms with Crippen molar-refractivity contribution in [1.82, 2.24) is 0 Å². The van der Waals surface area contributed by atoms with Crippen LogP contribution in [0, 0.1) is 0 Å². The third kappa shape index (κ3) is 46.8. The van der Waals surface area contributed by atoms with Gasteiger partial charge in [-0.25, -0.2) is 0 Å². The summed E-state index contributed by atoms with van der Waals surface area (Å²) in [6, 6.07) is 0. The predicted molar refractivity (Wildman–Crippen MR) is 121 cm³/mol. The maximum Gasteiger partial charge on any atom is 0.303 e. The molecule has 0 aromatic carbocycles. The van der Waals surface area contributed by atoms with Crippen molar-refractivity contribution >= 4 is 11.9 Å². The van der Waals surface area contributed by atoms with E-state index >= 15 is 0 Å². The Labute approximate surface area is 192 Å². The fraction of sp³-hybridized carbons (Fsp3) is 0.909. The maximum atomic E-state index is 9.64. The van der Waals surface area contributed by atoms with Gasteiger partial charge in [-0.3, -0.25) is 9.59 Å². The summed E-state index contributed by atoms with van der Waals surface area (Å²) in [6.45, 7) is 7.47. The van der Waals surface area contributed by atoms with E-state index < -0.39 is 11.9 Å². The summed E-state index contributed by atoms with van der Waals surface area (Å²) in [4.78, 5) is 19.3. The van der Waals surface area contributed by atoms with E-state index in [2.05, 4.69) is 0 Å². The maximum absolute atomic E-state index is 9.64. The average Bonchev–Trinajstić information content (AvgIpc) is 2.77. The van der Waals surface area contributed by atoms with Gasteiger partial charge in [-0.05, 0) is 58.3 Å². The van der Waals surface area contributed by atoms with Gasteiger partial charge >= 0.3 is 11.9 Å². The monoisotopic (exact) mass is 470 g/mol. The number of aliphatic hydroxyl groups is 3. The van der Waals surface area contributed by atoms with Crippen molar-refractivity contribution in [3.63, 3.8) is 0 Å². The van der Waals surface area contributed by atoms with Crippen LogP contribution in [0.3, 0.4) is 0 Å². The first-order valence-electron chi connectivity index (χ1n) is 11.5. The highest BCUT2D eigenvalue weighted by Gasteiger charge is 2.00. The van der Waals surface area contributed by atoms with E-state index in [9.17, 15) is 9.59 Å². The number of hydrogen-bond acceptors (Lipinski definition) is 8. The lowest BCUT2D eigenvalue weighted by molar-refractivity contribution is -0.143. The van der Waals surface area contributed by atoms with E-state index in [0.29, 0.717) is 0 Å². The average molecular weight is 471 g/mol. The predicted octanol–water partition coefficient (Wildman–Crippen LogP) is 2.08. The minimum Gasteiger partial charge on any atom is -0.481 e. The van der Waals surface area contributed by atoms with Gasteiger partial charge in [-0.1, -0.05) is 0 Å². The summed E-state index contributed by atoms with van der Waals surface area (Å²) in [5.41, 5.74) is 0. The highest BCUT2D eigenvalue weighted by Crippen LogP contribution is 1.94. The fourth-order valence-corrected chi connectivity index (χ4v) is 1.92. The number of carbonyl (C=O) groups is 2.